The van der Waals surface area contributed by atoms with E-state index in [9.17, 15) is 18.0 Å². The molecule has 3 nitrogen and oxygen atoms in total. The SMILES string of the molecule is O=C(NCC(c1ccccc1)c1ccc(C(F)(F)F)nc1)c1ccccc1Cl. The van der Waals surface area contributed by atoms with Gasteiger partial charge in [0.15, 0.2) is 0 Å². The first-order chi connectivity index (χ1) is 13.4. The van der Waals surface area contributed by atoms with Crippen LogP contribution in [-0.4, -0.2) is 17.4 Å². The van der Waals surface area contributed by atoms with Gasteiger partial charge in [0.05, 0.1) is 10.6 Å². The number of amides is 1. The maximum Gasteiger partial charge on any atom is 0.433 e. The number of carbonyl (C=O) groups excluding carboxylic acids is 1. The number of halogens is 4. The smallest absolute Gasteiger partial charge is 0.351 e. The van der Waals surface area contributed by atoms with Gasteiger partial charge < -0.3 is 5.32 Å². The number of rotatable bonds is 5. The van der Waals surface area contributed by atoms with E-state index in [-0.39, 0.29) is 18.4 Å². The fraction of sp³-hybridized carbons (Fsp3) is 0.143. The van der Waals surface area contributed by atoms with E-state index in [1.165, 1.54) is 12.3 Å². The van der Waals surface area contributed by atoms with Crippen molar-refractivity contribution < 1.29 is 18.0 Å². The maximum absolute atomic E-state index is 12.8. The number of aromatic nitrogens is 1. The standard InChI is InChI=1S/C21H16ClF3N2O/c22-18-9-5-4-8-16(18)20(28)27-13-17(14-6-2-1-3-7-14)15-10-11-19(26-12-15)21(23,24)25/h1-12,17H,13H2,(H,27,28). The molecule has 7 heteroatoms. The molecule has 28 heavy (non-hydrogen) atoms. The lowest BCUT2D eigenvalue weighted by Crippen LogP contribution is -2.29. The summed E-state index contributed by atoms with van der Waals surface area (Å²) in [5, 5.41) is 3.13. The second kappa shape index (κ2) is 8.44. The molecule has 0 saturated heterocycles. The van der Waals surface area contributed by atoms with E-state index in [0.29, 0.717) is 16.1 Å². The summed E-state index contributed by atoms with van der Waals surface area (Å²) in [6.07, 6.45) is -3.30. The van der Waals surface area contributed by atoms with Crippen LogP contribution in [0.3, 0.4) is 0 Å². The highest BCUT2D eigenvalue weighted by molar-refractivity contribution is 6.33. The Hall–Kier alpha value is -2.86. The van der Waals surface area contributed by atoms with Gasteiger partial charge in [0, 0.05) is 18.7 Å². The first-order valence-corrected chi connectivity index (χ1v) is 8.85. The lowest BCUT2D eigenvalue weighted by atomic mass is 9.92. The van der Waals surface area contributed by atoms with Gasteiger partial charge in [-0.2, -0.15) is 13.2 Å². The van der Waals surface area contributed by atoms with Crippen molar-refractivity contribution in [3.8, 4) is 0 Å². The number of nitrogens with one attached hydrogen (secondary N) is 1. The van der Waals surface area contributed by atoms with Gasteiger partial charge in [0.1, 0.15) is 5.69 Å². The zero-order valence-electron chi connectivity index (χ0n) is 14.6. The molecule has 0 bridgehead atoms. The van der Waals surface area contributed by atoms with Gasteiger partial charge in [-0.1, -0.05) is 60.1 Å². The van der Waals surface area contributed by atoms with Crippen molar-refractivity contribution in [3.05, 3.63) is 100 Å². The topological polar surface area (TPSA) is 42.0 Å². The molecule has 0 aliphatic heterocycles. The quantitative estimate of drug-likeness (QED) is 0.625. The molecular formula is C21H16ClF3N2O. The molecule has 0 aliphatic carbocycles. The van der Waals surface area contributed by atoms with Crippen molar-refractivity contribution in [1.29, 1.82) is 0 Å². The van der Waals surface area contributed by atoms with E-state index in [2.05, 4.69) is 10.3 Å². The second-order valence-corrected chi connectivity index (χ2v) is 6.53. The first-order valence-electron chi connectivity index (χ1n) is 8.47. The Labute approximate surface area is 165 Å². The molecule has 1 atom stereocenters. The Balaban J connectivity index is 1.84. The third-order valence-corrected chi connectivity index (χ3v) is 4.60. The molecule has 0 fully saturated rings. The van der Waals surface area contributed by atoms with Crippen molar-refractivity contribution >= 4 is 17.5 Å². The number of nitrogens with zero attached hydrogens (tertiary/aromatic N) is 1. The summed E-state index contributed by atoms with van der Waals surface area (Å²) in [5.41, 5.74) is 0.798. The van der Waals surface area contributed by atoms with Crippen molar-refractivity contribution in [1.82, 2.24) is 10.3 Å². The monoisotopic (exact) mass is 404 g/mol. The predicted molar refractivity (Wildman–Crippen MR) is 101 cm³/mol. The van der Waals surface area contributed by atoms with Crippen LogP contribution in [-0.2, 0) is 6.18 Å². The lowest BCUT2D eigenvalue weighted by molar-refractivity contribution is -0.141. The van der Waals surface area contributed by atoms with E-state index in [1.807, 2.05) is 30.3 Å². The van der Waals surface area contributed by atoms with Crippen LogP contribution in [0.2, 0.25) is 5.02 Å². The van der Waals surface area contributed by atoms with Crippen LogP contribution in [0, 0.1) is 0 Å². The fourth-order valence-corrected chi connectivity index (χ4v) is 3.05. The Kier molecular flexibility index (Phi) is 5.99. The lowest BCUT2D eigenvalue weighted by Gasteiger charge is -2.19. The fourth-order valence-electron chi connectivity index (χ4n) is 2.83. The highest BCUT2D eigenvalue weighted by atomic mass is 35.5. The largest absolute Gasteiger partial charge is 0.433 e. The molecule has 144 valence electrons. The molecule has 3 rings (SSSR count). The molecule has 1 unspecified atom stereocenters. The summed E-state index contributed by atoms with van der Waals surface area (Å²) >= 11 is 6.05. The second-order valence-electron chi connectivity index (χ2n) is 6.13. The summed E-state index contributed by atoms with van der Waals surface area (Å²) in [6.45, 7) is 0.182. The molecule has 1 heterocycles. The molecule has 0 spiro atoms. The van der Waals surface area contributed by atoms with Crippen LogP contribution < -0.4 is 5.32 Å². The minimum absolute atomic E-state index is 0.182. The Morgan fingerprint density at radius 1 is 0.964 bits per heavy atom. The van der Waals surface area contributed by atoms with Crippen LogP contribution in [0.4, 0.5) is 13.2 Å². The third-order valence-electron chi connectivity index (χ3n) is 4.27. The zero-order valence-corrected chi connectivity index (χ0v) is 15.3. The van der Waals surface area contributed by atoms with Crippen molar-refractivity contribution in [3.63, 3.8) is 0 Å². The van der Waals surface area contributed by atoms with Gasteiger partial charge in [-0.15, -0.1) is 0 Å². The van der Waals surface area contributed by atoms with Gasteiger partial charge in [-0.25, -0.2) is 0 Å². The summed E-state index contributed by atoms with van der Waals surface area (Å²) in [5.74, 6) is -0.714. The van der Waals surface area contributed by atoms with Crippen LogP contribution in [0.25, 0.3) is 0 Å². The highest BCUT2D eigenvalue weighted by Crippen LogP contribution is 2.30. The van der Waals surface area contributed by atoms with Gasteiger partial charge >= 0.3 is 6.18 Å². The van der Waals surface area contributed by atoms with Gasteiger partial charge in [-0.3, -0.25) is 9.78 Å². The van der Waals surface area contributed by atoms with Crippen LogP contribution in [0.1, 0.15) is 33.1 Å². The van der Waals surface area contributed by atoms with E-state index < -0.39 is 11.9 Å². The highest BCUT2D eigenvalue weighted by Gasteiger charge is 2.32. The predicted octanol–water partition coefficient (Wildman–Crippen LogP) is 5.32. The molecule has 1 aromatic heterocycles. The summed E-state index contributed by atoms with van der Waals surface area (Å²) in [4.78, 5) is 16.0. The summed E-state index contributed by atoms with van der Waals surface area (Å²) < 4.78 is 38.4. The average Bonchev–Trinajstić information content (AvgIpc) is 2.69. The Morgan fingerprint density at radius 3 is 2.25 bits per heavy atom. The normalized spacial score (nSPS) is 12.4. The number of hydrogen-bond donors (Lipinski definition) is 1. The molecule has 1 amide bonds. The molecule has 2 aromatic carbocycles. The minimum Gasteiger partial charge on any atom is -0.351 e. The minimum atomic E-state index is -4.50. The molecule has 0 aliphatic rings. The zero-order chi connectivity index (χ0) is 20.1. The van der Waals surface area contributed by atoms with Crippen molar-refractivity contribution in [2.75, 3.05) is 6.54 Å². The molecule has 0 saturated carbocycles. The number of pyridine rings is 1. The number of alkyl halides is 3. The van der Waals surface area contributed by atoms with Crippen LogP contribution in [0.5, 0.6) is 0 Å². The first kappa shape index (κ1) is 19.9. The van der Waals surface area contributed by atoms with Gasteiger partial charge in [-0.05, 0) is 29.3 Å². The maximum atomic E-state index is 12.8. The van der Waals surface area contributed by atoms with Crippen molar-refractivity contribution in [2.24, 2.45) is 0 Å². The van der Waals surface area contributed by atoms with Crippen LogP contribution >= 0.6 is 11.6 Å². The van der Waals surface area contributed by atoms with E-state index in [1.54, 1.807) is 24.3 Å². The molecular weight excluding hydrogens is 389 g/mol. The van der Waals surface area contributed by atoms with Crippen molar-refractivity contribution in [2.45, 2.75) is 12.1 Å². The van der Waals surface area contributed by atoms with Crippen LogP contribution in [0.15, 0.2) is 72.9 Å². The number of benzene rings is 2. The number of hydrogen-bond acceptors (Lipinski definition) is 2. The Bertz CT molecular complexity index is 944. The van der Waals surface area contributed by atoms with Gasteiger partial charge in [0.2, 0.25) is 0 Å². The molecule has 0 radical (unpaired) electrons. The van der Waals surface area contributed by atoms with E-state index in [0.717, 1.165) is 11.6 Å². The average molecular weight is 405 g/mol. The number of carbonyl (C=O) groups is 1. The summed E-state index contributed by atoms with van der Waals surface area (Å²) in [7, 11) is 0. The molecule has 1 N–H and O–H groups in total. The summed E-state index contributed by atoms with van der Waals surface area (Å²) in [6, 6.07) is 18.2. The molecule has 3 aromatic rings. The van der Waals surface area contributed by atoms with E-state index >= 15 is 0 Å². The Morgan fingerprint density at radius 2 is 1.64 bits per heavy atom. The van der Waals surface area contributed by atoms with Gasteiger partial charge in [0.25, 0.3) is 5.91 Å². The third kappa shape index (κ3) is 4.70. The van der Waals surface area contributed by atoms with E-state index in [4.69, 9.17) is 11.6 Å².